The maximum Gasteiger partial charge on any atom is 0.135 e. The third-order valence-electron chi connectivity index (χ3n) is 2.15. The predicted octanol–water partition coefficient (Wildman–Crippen LogP) is 1.81. The van der Waals surface area contributed by atoms with Gasteiger partial charge >= 0.3 is 0 Å². The summed E-state index contributed by atoms with van der Waals surface area (Å²) in [6, 6.07) is 0. The third-order valence-corrected chi connectivity index (χ3v) is 2.15. The maximum atomic E-state index is 4.14. The first kappa shape index (κ1) is 7.77. The zero-order chi connectivity index (χ0) is 8.55. The van der Waals surface area contributed by atoms with Crippen LogP contribution in [0.5, 0.6) is 0 Å². The van der Waals surface area contributed by atoms with Gasteiger partial charge in [0.1, 0.15) is 12.2 Å². The Balaban J connectivity index is 2.13. The highest BCUT2D eigenvalue weighted by molar-refractivity contribution is 5.04. The van der Waals surface area contributed by atoms with Gasteiger partial charge in [-0.2, -0.15) is 0 Å². The number of rotatable bonds is 3. The van der Waals surface area contributed by atoms with Gasteiger partial charge in [0.05, 0.1) is 0 Å². The van der Waals surface area contributed by atoms with Gasteiger partial charge in [0.2, 0.25) is 0 Å². The Labute approximate surface area is 72.8 Å². The van der Waals surface area contributed by atoms with Crippen molar-refractivity contribution in [3.63, 3.8) is 0 Å². The molecule has 1 aromatic heterocycles. The van der Waals surface area contributed by atoms with Crippen molar-refractivity contribution in [1.29, 1.82) is 0 Å². The lowest BCUT2D eigenvalue weighted by Gasteiger charge is -2.07. The van der Waals surface area contributed by atoms with Crippen molar-refractivity contribution in [1.82, 2.24) is 14.8 Å². The van der Waals surface area contributed by atoms with E-state index in [1.807, 2.05) is 6.33 Å². The van der Waals surface area contributed by atoms with Crippen molar-refractivity contribution in [2.75, 3.05) is 0 Å². The molecule has 1 aromatic rings. The molecule has 3 heteroatoms. The van der Waals surface area contributed by atoms with Gasteiger partial charge in [0.25, 0.3) is 0 Å². The normalized spacial score (nSPS) is 17.2. The summed E-state index contributed by atoms with van der Waals surface area (Å²) < 4.78 is 2.20. The Bertz CT molecular complexity index is 260. The summed E-state index contributed by atoms with van der Waals surface area (Å²) in [4.78, 5) is 0. The quantitative estimate of drug-likeness (QED) is 0.684. The summed E-state index contributed by atoms with van der Waals surface area (Å²) >= 11 is 0. The van der Waals surface area contributed by atoms with E-state index in [4.69, 9.17) is 0 Å². The summed E-state index contributed by atoms with van der Waals surface area (Å²) in [5, 5.41) is 8.09. The molecule has 0 bridgehead atoms. The van der Waals surface area contributed by atoms with Crippen molar-refractivity contribution in [2.45, 2.75) is 39.2 Å². The average Bonchev–Trinajstić information content (AvgIpc) is 2.73. The van der Waals surface area contributed by atoms with Crippen LogP contribution >= 0.6 is 0 Å². The van der Waals surface area contributed by atoms with Crippen LogP contribution in [0, 0.1) is 5.92 Å². The molecular weight excluding hydrogens is 150 g/mol. The van der Waals surface area contributed by atoms with Crippen molar-refractivity contribution in [3.8, 4) is 0 Å². The van der Waals surface area contributed by atoms with Crippen LogP contribution < -0.4 is 0 Å². The van der Waals surface area contributed by atoms with Crippen molar-refractivity contribution in [2.24, 2.45) is 5.92 Å². The Kier molecular flexibility index (Phi) is 1.87. The monoisotopic (exact) mass is 165 g/mol. The second kappa shape index (κ2) is 2.88. The van der Waals surface area contributed by atoms with Crippen LogP contribution in [0.2, 0.25) is 0 Å². The van der Waals surface area contributed by atoms with E-state index in [-0.39, 0.29) is 0 Å². The lowest BCUT2D eigenvalue weighted by atomic mass is 10.2. The minimum Gasteiger partial charge on any atom is -0.317 e. The largest absolute Gasteiger partial charge is 0.317 e. The molecule has 2 rings (SSSR count). The Hall–Kier alpha value is -0.860. The summed E-state index contributed by atoms with van der Waals surface area (Å²) in [6.07, 6.45) is 4.46. The molecule has 0 atom stereocenters. The Morgan fingerprint density at radius 2 is 2.33 bits per heavy atom. The molecule has 1 heterocycles. The molecule has 1 aliphatic carbocycles. The van der Waals surface area contributed by atoms with E-state index >= 15 is 0 Å². The van der Waals surface area contributed by atoms with Gasteiger partial charge < -0.3 is 4.57 Å². The smallest absolute Gasteiger partial charge is 0.135 e. The Morgan fingerprint density at radius 3 is 2.92 bits per heavy atom. The van der Waals surface area contributed by atoms with Crippen LogP contribution in [0.4, 0.5) is 0 Å². The number of hydrogen-bond acceptors (Lipinski definition) is 2. The highest BCUT2D eigenvalue weighted by Gasteiger charge is 2.28. The molecule has 1 aliphatic rings. The zero-order valence-electron chi connectivity index (χ0n) is 7.70. The van der Waals surface area contributed by atoms with Gasteiger partial charge in [-0.15, -0.1) is 10.2 Å². The van der Waals surface area contributed by atoms with Gasteiger partial charge in [-0.05, 0) is 18.8 Å². The highest BCUT2D eigenvalue weighted by atomic mass is 15.3. The van der Waals surface area contributed by atoms with Crippen LogP contribution in [-0.2, 0) is 6.54 Å². The van der Waals surface area contributed by atoms with Crippen LogP contribution in [0.1, 0.15) is 38.4 Å². The van der Waals surface area contributed by atoms with E-state index in [0.29, 0.717) is 11.8 Å². The number of hydrogen-bond donors (Lipinski definition) is 0. The van der Waals surface area contributed by atoms with E-state index in [9.17, 15) is 0 Å². The first-order valence-corrected chi connectivity index (χ1v) is 4.65. The Morgan fingerprint density at radius 1 is 1.58 bits per heavy atom. The molecule has 3 nitrogen and oxygen atoms in total. The molecule has 0 radical (unpaired) electrons. The van der Waals surface area contributed by atoms with Crippen LogP contribution in [0.25, 0.3) is 0 Å². The highest BCUT2D eigenvalue weighted by Crippen LogP contribution is 2.38. The van der Waals surface area contributed by atoms with Crippen molar-refractivity contribution < 1.29 is 0 Å². The van der Waals surface area contributed by atoms with E-state index in [1.165, 1.54) is 18.7 Å². The first-order valence-electron chi connectivity index (χ1n) is 4.65. The molecule has 0 saturated heterocycles. The van der Waals surface area contributed by atoms with E-state index in [0.717, 1.165) is 6.54 Å². The van der Waals surface area contributed by atoms with Crippen molar-refractivity contribution >= 4 is 0 Å². The van der Waals surface area contributed by atoms with Crippen LogP contribution in [0.3, 0.4) is 0 Å². The van der Waals surface area contributed by atoms with Crippen molar-refractivity contribution in [3.05, 3.63) is 12.2 Å². The molecule has 12 heavy (non-hydrogen) atoms. The van der Waals surface area contributed by atoms with E-state index in [2.05, 4.69) is 28.6 Å². The fourth-order valence-corrected chi connectivity index (χ4v) is 1.46. The first-order chi connectivity index (χ1) is 5.77. The molecule has 66 valence electrons. The summed E-state index contributed by atoms with van der Waals surface area (Å²) in [5.74, 6) is 2.59. The zero-order valence-corrected chi connectivity index (χ0v) is 7.70. The molecule has 0 N–H and O–H groups in total. The summed E-state index contributed by atoms with van der Waals surface area (Å²) in [7, 11) is 0. The molecule has 0 amide bonds. The van der Waals surface area contributed by atoms with Gasteiger partial charge in [-0.1, -0.05) is 13.8 Å². The van der Waals surface area contributed by atoms with Gasteiger partial charge in [-0.3, -0.25) is 0 Å². The molecule has 0 spiro atoms. The second-order valence-corrected chi connectivity index (χ2v) is 4.01. The predicted molar refractivity (Wildman–Crippen MR) is 46.8 cm³/mol. The minimum atomic E-state index is 0.679. The maximum absolute atomic E-state index is 4.14. The molecule has 0 aromatic carbocycles. The topological polar surface area (TPSA) is 30.7 Å². The van der Waals surface area contributed by atoms with Crippen LogP contribution in [0.15, 0.2) is 6.33 Å². The fraction of sp³-hybridized carbons (Fsp3) is 0.778. The summed E-state index contributed by atoms with van der Waals surface area (Å²) in [6.45, 7) is 5.49. The standard InChI is InChI=1S/C9H15N3/c1-7(2)5-12-6-10-11-9(12)8-3-4-8/h6-8H,3-5H2,1-2H3. The average molecular weight is 165 g/mol. The third kappa shape index (κ3) is 1.49. The second-order valence-electron chi connectivity index (χ2n) is 4.01. The number of aromatic nitrogens is 3. The molecular formula is C9H15N3. The van der Waals surface area contributed by atoms with Gasteiger partial charge in [0, 0.05) is 12.5 Å². The molecule has 1 saturated carbocycles. The van der Waals surface area contributed by atoms with E-state index in [1.54, 1.807) is 0 Å². The fourth-order valence-electron chi connectivity index (χ4n) is 1.46. The van der Waals surface area contributed by atoms with E-state index < -0.39 is 0 Å². The lowest BCUT2D eigenvalue weighted by molar-refractivity contribution is 0.506. The molecule has 0 aliphatic heterocycles. The summed E-state index contributed by atoms with van der Waals surface area (Å²) in [5.41, 5.74) is 0. The minimum absolute atomic E-state index is 0.679. The SMILES string of the molecule is CC(C)Cn1cnnc1C1CC1. The van der Waals surface area contributed by atoms with Crippen LogP contribution in [-0.4, -0.2) is 14.8 Å². The lowest BCUT2D eigenvalue weighted by Crippen LogP contribution is -2.06. The molecule has 1 fully saturated rings. The van der Waals surface area contributed by atoms with Gasteiger partial charge in [0.15, 0.2) is 0 Å². The molecule has 0 unspecified atom stereocenters. The number of nitrogens with zero attached hydrogens (tertiary/aromatic N) is 3. The van der Waals surface area contributed by atoms with Gasteiger partial charge in [-0.25, -0.2) is 0 Å².